The van der Waals surface area contributed by atoms with Crippen molar-refractivity contribution in [2.75, 3.05) is 14.7 Å². The maximum Gasteiger partial charge on any atom is 0.135 e. The van der Waals surface area contributed by atoms with Gasteiger partial charge in [-0.15, -0.1) is 48.3 Å². The van der Waals surface area contributed by atoms with E-state index >= 15 is 0 Å². The van der Waals surface area contributed by atoms with Crippen LogP contribution in [0.3, 0.4) is 0 Å². The van der Waals surface area contributed by atoms with Crippen LogP contribution in [0.4, 0.5) is 39.9 Å². The molecule has 0 saturated heterocycles. The number of hydrogen-bond donors (Lipinski definition) is 0. The Balaban J connectivity index is 0.00000720. The molecule has 8 aromatic carbocycles. The molecule has 1 aromatic heterocycles. The molecule has 2 aliphatic rings. The molecule has 11 rings (SSSR count). The average Bonchev–Trinajstić information content (AvgIpc) is 3.86. The van der Waals surface area contributed by atoms with Crippen molar-refractivity contribution < 1.29 is 25.8 Å². The number of nitrogens with zero attached hydrogens (tertiary/aromatic N) is 4. The minimum Gasteiger partial charge on any atom is -0.509 e. The summed E-state index contributed by atoms with van der Waals surface area (Å²) in [6, 6.07) is 62.8. The number of para-hydroxylation sites is 3. The third-order valence-corrected chi connectivity index (χ3v) is 16.0. The van der Waals surface area contributed by atoms with E-state index in [4.69, 9.17) is 9.72 Å². The van der Waals surface area contributed by atoms with Gasteiger partial charge in [0.15, 0.2) is 0 Å². The van der Waals surface area contributed by atoms with Gasteiger partial charge in [-0.05, 0) is 153 Å². The van der Waals surface area contributed by atoms with Gasteiger partial charge >= 0.3 is 0 Å². The summed E-state index contributed by atoms with van der Waals surface area (Å²) in [6.07, 6.45) is 1.92. The molecule has 0 bridgehead atoms. The molecular formula is C74H75N4OPt-3. The van der Waals surface area contributed by atoms with Crippen molar-refractivity contribution >= 4 is 39.9 Å². The first-order chi connectivity index (χ1) is 37.3. The molecular weight excluding hydrogens is 1160 g/mol. The summed E-state index contributed by atoms with van der Waals surface area (Å²) in [5.41, 5.74) is 25.5. The van der Waals surface area contributed by atoms with E-state index in [9.17, 15) is 0 Å². The van der Waals surface area contributed by atoms with Crippen molar-refractivity contribution in [2.24, 2.45) is 0 Å². The van der Waals surface area contributed by atoms with Crippen LogP contribution in [0.1, 0.15) is 128 Å². The van der Waals surface area contributed by atoms with Gasteiger partial charge in [0.05, 0.1) is 5.69 Å². The maximum absolute atomic E-state index is 6.93. The molecule has 0 atom stereocenters. The topological polar surface area (TPSA) is 31.8 Å². The Morgan fingerprint density at radius 1 is 0.412 bits per heavy atom. The molecule has 410 valence electrons. The number of ether oxygens (including phenoxy) is 1. The fraction of sp³-hybridized carbons (Fsp3) is 0.270. The molecule has 5 nitrogen and oxygen atoms in total. The van der Waals surface area contributed by atoms with Crippen LogP contribution >= 0.6 is 0 Å². The second kappa shape index (κ2) is 20.7. The van der Waals surface area contributed by atoms with E-state index < -0.39 is 0 Å². The third-order valence-electron chi connectivity index (χ3n) is 16.0. The summed E-state index contributed by atoms with van der Waals surface area (Å²) in [6.45, 7) is 39.1. The maximum atomic E-state index is 6.93. The molecule has 6 heteroatoms. The normalized spacial score (nSPS) is 13.3. The molecule has 0 spiro atoms. The molecule has 9 aromatic rings. The zero-order chi connectivity index (χ0) is 56.1. The van der Waals surface area contributed by atoms with Crippen LogP contribution in [-0.4, -0.2) is 4.98 Å². The fourth-order valence-corrected chi connectivity index (χ4v) is 11.7. The molecule has 0 fully saturated rings. The summed E-state index contributed by atoms with van der Waals surface area (Å²) < 4.78 is 6.93. The van der Waals surface area contributed by atoms with Crippen LogP contribution in [0.2, 0.25) is 0 Å². The molecule has 0 amide bonds. The van der Waals surface area contributed by atoms with E-state index in [-0.39, 0.29) is 42.7 Å². The van der Waals surface area contributed by atoms with E-state index in [1.54, 1.807) is 0 Å². The summed E-state index contributed by atoms with van der Waals surface area (Å²) >= 11 is 0. The van der Waals surface area contributed by atoms with E-state index in [1.165, 1.54) is 66.8 Å². The van der Waals surface area contributed by atoms with Gasteiger partial charge in [0.1, 0.15) is 5.82 Å². The second-order valence-electron chi connectivity index (χ2n) is 26.1. The molecule has 0 N–H and O–H groups in total. The minimum atomic E-state index is -0.132. The zero-order valence-electron chi connectivity index (χ0n) is 49.6. The molecule has 0 radical (unpaired) electrons. The SMILES string of the molecule is Cc1cc(C(C)(C)C)cc(C)c1-c1cc(C(C)(C)C)cc(-c2c(C)cc(C(C)(C)C)cc2C)c1N1[CH-]N(c2[c-]c(Oc3[c-]c4c(cc3)-c3ccccc3-c3ccccc3N4c3cc(C(C)(C)C)ccn3)ccc2)c2ccccc21.[Pt]. The number of fused-ring (bicyclic) bond motifs is 6. The number of benzene rings is 8. The van der Waals surface area contributed by atoms with Gasteiger partial charge in [0, 0.05) is 72.5 Å². The smallest absolute Gasteiger partial charge is 0.135 e. The van der Waals surface area contributed by atoms with Crippen molar-refractivity contribution in [1.82, 2.24) is 4.98 Å². The van der Waals surface area contributed by atoms with E-state index in [1.807, 2.05) is 18.3 Å². The fourth-order valence-electron chi connectivity index (χ4n) is 11.7. The van der Waals surface area contributed by atoms with Gasteiger partial charge in [-0.25, -0.2) is 4.98 Å². The van der Waals surface area contributed by atoms with Gasteiger partial charge in [0.2, 0.25) is 0 Å². The number of rotatable bonds is 7. The number of pyridine rings is 1. The summed E-state index contributed by atoms with van der Waals surface area (Å²) in [4.78, 5) is 12.0. The van der Waals surface area contributed by atoms with Crippen LogP contribution in [0.25, 0.3) is 44.5 Å². The standard InChI is InChI=1S/C74H75N4O.Pt/c1-46-36-51(72(8,9)10)37-47(2)68(46)61-40-53(74(14,15)16)41-62(69-48(3)38-52(39-49(69)4)73(11,12)13)70(61)77-45-76(64-30-21-22-31-65(64)77)54-24-23-25-55(43-54)79-56-32-33-60-58-27-18-17-26-57(58)59-28-19-20-29-63(59)78(66(60)44-56)67-42-50(34-35-75-67)71(5,6)7;/h17-42,45H,1-16H3;/q-3;. The predicted molar refractivity (Wildman–Crippen MR) is 334 cm³/mol. The van der Waals surface area contributed by atoms with Gasteiger partial charge < -0.3 is 19.4 Å². The Kier molecular flexibility index (Phi) is 14.5. The van der Waals surface area contributed by atoms with E-state index in [0.29, 0.717) is 11.5 Å². The first kappa shape index (κ1) is 56.1. The van der Waals surface area contributed by atoms with Gasteiger partial charge in [-0.3, -0.25) is 0 Å². The Morgan fingerprint density at radius 3 is 1.41 bits per heavy atom. The minimum absolute atomic E-state index is 0. The first-order valence-corrected chi connectivity index (χ1v) is 28.0. The van der Waals surface area contributed by atoms with Crippen molar-refractivity contribution in [3.8, 4) is 56.0 Å². The molecule has 3 heterocycles. The van der Waals surface area contributed by atoms with Crippen molar-refractivity contribution in [3.05, 3.63) is 221 Å². The molecule has 0 saturated carbocycles. The number of hydrogen-bond acceptors (Lipinski definition) is 5. The molecule has 0 aliphatic carbocycles. The second-order valence-corrected chi connectivity index (χ2v) is 26.1. The quantitative estimate of drug-likeness (QED) is 0.149. The van der Waals surface area contributed by atoms with Gasteiger partial charge in [0.25, 0.3) is 0 Å². The monoisotopic (exact) mass is 1230 g/mol. The number of aryl methyl sites for hydroxylation is 4. The van der Waals surface area contributed by atoms with E-state index in [0.717, 1.165) is 62.2 Å². The third kappa shape index (κ3) is 10.3. The largest absolute Gasteiger partial charge is 0.509 e. The predicted octanol–water partition coefficient (Wildman–Crippen LogP) is 20.8. The van der Waals surface area contributed by atoms with Crippen LogP contribution < -0.4 is 19.4 Å². The van der Waals surface area contributed by atoms with Crippen LogP contribution in [-0.2, 0) is 42.7 Å². The van der Waals surface area contributed by atoms with Crippen molar-refractivity contribution in [2.45, 2.75) is 132 Å². The van der Waals surface area contributed by atoms with E-state index in [2.05, 4.69) is 284 Å². The van der Waals surface area contributed by atoms with Gasteiger partial charge in [-0.1, -0.05) is 173 Å². The first-order valence-electron chi connectivity index (χ1n) is 28.0. The van der Waals surface area contributed by atoms with Crippen LogP contribution in [0, 0.1) is 46.5 Å². The van der Waals surface area contributed by atoms with Crippen LogP contribution in [0.15, 0.2) is 158 Å². The summed E-state index contributed by atoms with van der Waals surface area (Å²) in [5.74, 6) is 1.98. The van der Waals surface area contributed by atoms with Gasteiger partial charge in [-0.2, -0.15) is 12.1 Å². The summed E-state index contributed by atoms with van der Waals surface area (Å²) in [7, 11) is 0. The molecule has 2 aliphatic heterocycles. The molecule has 80 heavy (non-hydrogen) atoms. The average molecular weight is 1230 g/mol. The number of aromatic nitrogens is 1. The Hall–Kier alpha value is -7.20. The summed E-state index contributed by atoms with van der Waals surface area (Å²) in [5, 5.41) is 0. The Labute approximate surface area is 492 Å². The Bertz CT molecular complexity index is 3720. The van der Waals surface area contributed by atoms with Crippen LogP contribution in [0.5, 0.6) is 11.5 Å². The Morgan fingerprint density at radius 2 is 0.875 bits per heavy atom. The zero-order valence-corrected chi connectivity index (χ0v) is 51.9. The number of anilines is 7. The van der Waals surface area contributed by atoms with Crippen molar-refractivity contribution in [1.29, 1.82) is 0 Å². The van der Waals surface area contributed by atoms with Crippen molar-refractivity contribution in [3.63, 3.8) is 0 Å². The molecule has 0 unspecified atom stereocenters.